The molecule has 0 bridgehead atoms. The van der Waals surface area contributed by atoms with Crippen LogP contribution in [0.5, 0.6) is 11.5 Å². The molecule has 9 heteroatoms. The van der Waals surface area contributed by atoms with Crippen LogP contribution in [0.4, 0.5) is 5.69 Å². The third-order valence-electron chi connectivity index (χ3n) is 4.83. The number of hydrazone groups is 1. The summed E-state index contributed by atoms with van der Waals surface area (Å²) in [5.74, 6) is -1.72. The Bertz CT molecular complexity index is 1220. The third-order valence-corrected chi connectivity index (χ3v) is 4.83. The lowest BCUT2D eigenvalue weighted by Gasteiger charge is -2.12. The van der Waals surface area contributed by atoms with E-state index in [4.69, 9.17) is 9.47 Å². The standard InChI is InChI=1S/C24H23N3O6/c1-32-19-11-10-16(22(24(30)31)23(19)33-2)14-25-27-21(29)13-12-20(28)26-18-9-5-7-15-6-3-4-8-17(15)18/h3-11,14H,12-13H2,1-2H3,(H,26,28)(H,27,29)(H,30,31)/b25-14-. The van der Waals surface area contributed by atoms with Crippen molar-refractivity contribution in [1.29, 1.82) is 0 Å². The number of nitrogens with zero attached hydrogens (tertiary/aromatic N) is 1. The summed E-state index contributed by atoms with van der Waals surface area (Å²) in [5.41, 5.74) is 3.04. The molecule has 3 rings (SSSR count). The molecule has 0 aromatic heterocycles. The van der Waals surface area contributed by atoms with Crippen molar-refractivity contribution in [2.75, 3.05) is 19.5 Å². The zero-order valence-corrected chi connectivity index (χ0v) is 18.1. The SMILES string of the molecule is COc1ccc(/C=N\NC(=O)CCC(=O)Nc2cccc3ccccc23)c(C(=O)O)c1OC. The number of nitrogens with one attached hydrogen (secondary N) is 2. The van der Waals surface area contributed by atoms with Gasteiger partial charge in [-0.25, -0.2) is 10.2 Å². The number of anilines is 1. The average molecular weight is 449 g/mol. The number of carboxylic acid groups (broad SMARTS) is 1. The van der Waals surface area contributed by atoms with Crippen LogP contribution in [-0.4, -0.2) is 43.3 Å². The van der Waals surface area contributed by atoms with Gasteiger partial charge in [-0.15, -0.1) is 0 Å². The molecule has 0 spiro atoms. The Labute approximate surface area is 190 Å². The molecule has 0 fully saturated rings. The van der Waals surface area contributed by atoms with Crippen molar-refractivity contribution in [3.05, 3.63) is 65.7 Å². The largest absolute Gasteiger partial charge is 0.493 e. The van der Waals surface area contributed by atoms with Crippen molar-refractivity contribution < 1.29 is 29.0 Å². The number of carbonyl (C=O) groups excluding carboxylic acids is 2. The number of hydrogen-bond donors (Lipinski definition) is 3. The second kappa shape index (κ2) is 10.8. The minimum atomic E-state index is -1.23. The summed E-state index contributed by atoms with van der Waals surface area (Å²) in [6.45, 7) is 0. The molecule has 0 saturated carbocycles. The molecular formula is C24H23N3O6. The normalized spacial score (nSPS) is 10.7. The number of carbonyl (C=O) groups is 3. The third kappa shape index (κ3) is 5.65. The minimum Gasteiger partial charge on any atom is -0.493 e. The van der Waals surface area contributed by atoms with Gasteiger partial charge in [-0.1, -0.05) is 36.4 Å². The van der Waals surface area contributed by atoms with Gasteiger partial charge < -0.3 is 19.9 Å². The molecule has 0 aliphatic rings. The van der Waals surface area contributed by atoms with Gasteiger partial charge in [-0.05, 0) is 23.6 Å². The van der Waals surface area contributed by atoms with E-state index in [1.54, 1.807) is 6.07 Å². The number of ether oxygens (including phenoxy) is 2. The number of methoxy groups -OCH3 is 2. The number of fused-ring (bicyclic) bond motifs is 1. The Morgan fingerprint density at radius 3 is 2.39 bits per heavy atom. The Kier molecular flexibility index (Phi) is 7.59. The number of benzene rings is 3. The maximum absolute atomic E-state index is 12.3. The second-order valence-corrected chi connectivity index (χ2v) is 6.94. The van der Waals surface area contributed by atoms with Crippen molar-refractivity contribution in [2.45, 2.75) is 12.8 Å². The lowest BCUT2D eigenvalue weighted by molar-refractivity contribution is -0.124. The highest BCUT2D eigenvalue weighted by atomic mass is 16.5. The highest BCUT2D eigenvalue weighted by molar-refractivity contribution is 6.03. The Morgan fingerprint density at radius 2 is 1.67 bits per heavy atom. The van der Waals surface area contributed by atoms with Gasteiger partial charge in [0.15, 0.2) is 11.5 Å². The van der Waals surface area contributed by atoms with Crippen LogP contribution in [0.2, 0.25) is 0 Å². The molecule has 3 aromatic carbocycles. The van der Waals surface area contributed by atoms with Crippen LogP contribution in [0.1, 0.15) is 28.8 Å². The fourth-order valence-electron chi connectivity index (χ4n) is 3.27. The summed E-state index contributed by atoms with van der Waals surface area (Å²) < 4.78 is 10.2. The zero-order valence-electron chi connectivity index (χ0n) is 18.1. The summed E-state index contributed by atoms with van der Waals surface area (Å²) in [5, 5.41) is 18.0. The first-order valence-electron chi connectivity index (χ1n) is 10.0. The molecule has 9 nitrogen and oxygen atoms in total. The lowest BCUT2D eigenvalue weighted by atomic mass is 10.1. The first-order valence-corrected chi connectivity index (χ1v) is 10.0. The van der Waals surface area contributed by atoms with E-state index in [2.05, 4.69) is 15.8 Å². The van der Waals surface area contributed by atoms with E-state index in [1.165, 1.54) is 32.6 Å². The first kappa shape index (κ1) is 23.3. The lowest BCUT2D eigenvalue weighted by Crippen LogP contribution is -2.21. The van der Waals surface area contributed by atoms with Crippen molar-refractivity contribution in [2.24, 2.45) is 5.10 Å². The maximum atomic E-state index is 12.3. The highest BCUT2D eigenvalue weighted by Crippen LogP contribution is 2.32. The quantitative estimate of drug-likeness (QED) is 0.339. The van der Waals surface area contributed by atoms with Gasteiger partial charge in [0.25, 0.3) is 0 Å². The molecular weight excluding hydrogens is 426 g/mol. The fourth-order valence-corrected chi connectivity index (χ4v) is 3.27. The number of amides is 2. The van der Waals surface area contributed by atoms with Crippen LogP contribution >= 0.6 is 0 Å². The minimum absolute atomic E-state index is 0.0404. The van der Waals surface area contributed by atoms with Crippen LogP contribution in [0.25, 0.3) is 10.8 Å². The predicted octanol–water partition coefficient (Wildman–Crippen LogP) is 3.42. The molecule has 0 saturated heterocycles. The molecule has 3 aromatic rings. The van der Waals surface area contributed by atoms with Crippen LogP contribution in [0.15, 0.2) is 59.7 Å². The van der Waals surface area contributed by atoms with Gasteiger partial charge in [0.1, 0.15) is 5.56 Å². The molecule has 2 amide bonds. The molecule has 3 N–H and O–H groups in total. The molecule has 0 aliphatic carbocycles. The number of carboxylic acids is 1. The van der Waals surface area contributed by atoms with Crippen LogP contribution in [-0.2, 0) is 9.59 Å². The maximum Gasteiger partial charge on any atom is 0.340 e. The van der Waals surface area contributed by atoms with Crippen LogP contribution in [0, 0.1) is 0 Å². The summed E-state index contributed by atoms with van der Waals surface area (Å²) in [7, 11) is 2.73. The number of rotatable bonds is 9. The summed E-state index contributed by atoms with van der Waals surface area (Å²) in [6, 6.07) is 16.3. The smallest absolute Gasteiger partial charge is 0.340 e. The molecule has 0 unspecified atom stereocenters. The number of hydrogen-bond acceptors (Lipinski definition) is 6. The van der Waals surface area contributed by atoms with Gasteiger partial charge in [-0.3, -0.25) is 9.59 Å². The van der Waals surface area contributed by atoms with E-state index in [1.807, 2.05) is 36.4 Å². The monoisotopic (exact) mass is 449 g/mol. The van der Waals surface area contributed by atoms with Gasteiger partial charge in [0, 0.05) is 29.5 Å². The second-order valence-electron chi connectivity index (χ2n) is 6.94. The van der Waals surface area contributed by atoms with Crippen molar-refractivity contribution in [3.8, 4) is 11.5 Å². The molecule has 0 aliphatic heterocycles. The van der Waals surface area contributed by atoms with Crippen molar-refractivity contribution in [1.82, 2.24) is 5.43 Å². The van der Waals surface area contributed by atoms with E-state index >= 15 is 0 Å². The molecule has 0 atom stereocenters. The van der Waals surface area contributed by atoms with Crippen molar-refractivity contribution >= 4 is 40.5 Å². The molecule has 0 radical (unpaired) electrons. The Morgan fingerprint density at radius 1 is 0.939 bits per heavy atom. The van der Waals surface area contributed by atoms with E-state index in [0.717, 1.165) is 10.8 Å². The van der Waals surface area contributed by atoms with Gasteiger partial charge in [0.05, 0.1) is 20.4 Å². The Balaban J connectivity index is 1.58. The van der Waals surface area contributed by atoms with Crippen molar-refractivity contribution in [3.63, 3.8) is 0 Å². The van der Waals surface area contributed by atoms with E-state index in [9.17, 15) is 19.5 Å². The number of aromatic carboxylic acids is 1. The van der Waals surface area contributed by atoms with E-state index < -0.39 is 11.9 Å². The van der Waals surface area contributed by atoms with Gasteiger partial charge in [0.2, 0.25) is 11.8 Å². The van der Waals surface area contributed by atoms with E-state index in [-0.39, 0.29) is 41.4 Å². The highest BCUT2D eigenvalue weighted by Gasteiger charge is 2.20. The van der Waals surface area contributed by atoms with Crippen LogP contribution < -0.4 is 20.2 Å². The predicted molar refractivity (Wildman–Crippen MR) is 124 cm³/mol. The summed E-state index contributed by atoms with van der Waals surface area (Å²) in [4.78, 5) is 36.0. The summed E-state index contributed by atoms with van der Waals surface area (Å²) in [6.07, 6.45) is 1.06. The zero-order chi connectivity index (χ0) is 23.8. The average Bonchev–Trinajstić information content (AvgIpc) is 2.82. The topological polar surface area (TPSA) is 126 Å². The Hall–Kier alpha value is -4.40. The van der Waals surface area contributed by atoms with Crippen LogP contribution in [0.3, 0.4) is 0 Å². The van der Waals surface area contributed by atoms with E-state index in [0.29, 0.717) is 5.69 Å². The van der Waals surface area contributed by atoms with Gasteiger partial charge in [-0.2, -0.15) is 5.10 Å². The molecule has 170 valence electrons. The fraction of sp³-hybridized carbons (Fsp3) is 0.167. The summed E-state index contributed by atoms with van der Waals surface area (Å²) >= 11 is 0. The molecule has 0 heterocycles. The molecule has 33 heavy (non-hydrogen) atoms. The van der Waals surface area contributed by atoms with Gasteiger partial charge >= 0.3 is 5.97 Å². The first-order chi connectivity index (χ1) is 15.9.